The number of thiazole rings is 1. The Labute approximate surface area is 161 Å². The van der Waals surface area contributed by atoms with Crippen LogP contribution in [0.15, 0.2) is 66.0 Å². The van der Waals surface area contributed by atoms with Crippen molar-refractivity contribution in [2.75, 3.05) is 18.5 Å². The van der Waals surface area contributed by atoms with E-state index in [0.717, 1.165) is 5.75 Å². The van der Waals surface area contributed by atoms with Crippen LogP contribution in [0.2, 0.25) is 0 Å². The second kappa shape index (κ2) is 9.49. The Bertz CT molecular complexity index is 882. The van der Waals surface area contributed by atoms with Crippen LogP contribution in [-0.4, -0.2) is 29.9 Å². The summed E-state index contributed by atoms with van der Waals surface area (Å²) in [5.41, 5.74) is 1.18. The van der Waals surface area contributed by atoms with Crippen molar-refractivity contribution in [3.8, 4) is 5.75 Å². The molecule has 0 aliphatic carbocycles. The largest absolute Gasteiger partial charge is 0.492 e. The fourth-order valence-corrected chi connectivity index (χ4v) is 3.01. The maximum atomic E-state index is 12.1. The molecule has 1 aromatic heterocycles. The van der Waals surface area contributed by atoms with Gasteiger partial charge in [0.25, 0.3) is 5.91 Å². The minimum Gasteiger partial charge on any atom is -0.492 e. The van der Waals surface area contributed by atoms with Crippen molar-refractivity contribution in [2.24, 2.45) is 0 Å². The number of rotatable bonds is 8. The normalized spacial score (nSPS) is 10.2. The summed E-state index contributed by atoms with van der Waals surface area (Å²) in [4.78, 5) is 28.4. The number of aromatic nitrogens is 1. The lowest BCUT2D eigenvalue weighted by molar-refractivity contribution is -0.120. The van der Waals surface area contributed by atoms with Crippen molar-refractivity contribution >= 4 is 28.3 Å². The van der Waals surface area contributed by atoms with Gasteiger partial charge in [0.1, 0.15) is 12.4 Å². The number of nitrogens with zero attached hydrogens (tertiary/aromatic N) is 1. The standard InChI is InChI=1S/C20H19N3O3S/c24-18(21-11-12-26-17-9-5-2-6-10-17)13-16-14-27-20(22-16)23-19(25)15-7-3-1-4-8-15/h1-10,14H,11-13H2,(H,21,24)(H,22,23,25). The van der Waals surface area contributed by atoms with Gasteiger partial charge in [-0.2, -0.15) is 0 Å². The van der Waals surface area contributed by atoms with Crippen LogP contribution >= 0.6 is 11.3 Å². The molecule has 2 aromatic carbocycles. The van der Waals surface area contributed by atoms with Gasteiger partial charge in [0.2, 0.25) is 5.91 Å². The maximum Gasteiger partial charge on any atom is 0.257 e. The number of ether oxygens (including phenoxy) is 1. The number of nitrogens with one attached hydrogen (secondary N) is 2. The lowest BCUT2D eigenvalue weighted by Gasteiger charge is -2.07. The average molecular weight is 381 g/mol. The van der Waals surface area contributed by atoms with Gasteiger partial charge >= 0.3 is 0 Å². The van der Waals surface area contributed by atoms with Crippen LogP contribution in [0, 0.1) is 0 Å². The summed E-state index contributed by atoms with van der Waals surface area (Å²) in [5.74, 6) is 0.405. The first-order valence-corrected chi connectivity index (χ1v) is 9.34. The second-order valence-electron chi connectivity index (χ2n) is 5.65. The number of anilines is 1. The van der Waals surface area contributed by atoms with E-state index in [2.05, 4.69) is 15.6 Å². The zero-order chi connectivity index (χ0) is 18.9. The Balaban J connectivity index is 1.40. The number of carbonyl (C=O) groups excluding carboxylic acids is 2. The highest BCUT2D eigenvalue weighted by atomic mass is 32.1. The SMILES string of the molecule is O=C(Cc1csc(NC(=O)c2ccccc2)n1)NCCOc1ccccc1. The van der Waals surface area contributed by atoms with E-state index in [0.29, 0.717) is 29.5 Å². The summed E-state index contributed by atoms with van der Waals surface area (Å²) in [5, 5.41) is 7.77. The van der Waals surface area contributed by atoms with Gasteiger partial charge in [-0.3, -0.25) is 14.9 Å². The molecule has 0 spiro atoms. The first-order chi connectivity index (χ1) is 13.2. The van der Waals surface area contributed by atoms with Crippen LogP contribution in [0.1, 0.15) is 16.1 Å². The third-order valence-corrected chi connectivity index (χ3v) is 4.39. The molecule has 0 saturated carbocycles. The van der Waals surface area contributed by atoms with Crippen molar-refractivity contribution < 1.29 is 14.3 Å². The van der Waals surface area contributed by atoms with Gasteiger partial charge in [0, 0.05) is 10.9 Å². The Hall–Kier alpha value is -3.19. The predicted octanol–water partition coefficient (Wildman–Crippen LogP) is 3.13. The average Bonchev–Trinajstić information content (AvgIpc) is 3.13. The van der Waals surface area contributed by atoms with E-state index in [9.17, 15) is 9.59 Å². The second-order valence-corrected chi connectivity index (χ2v) is 6.51. The molecule has 0 aliphatic heterocycles. The third kappa shape index (κ3) is 5.93. The Kier molecular flexibility index (Phi) is 6.54. The molecule has 0 unspecified atom stereocenters. The van der Waals surface area contributed by atoms with Gasteiger partial charge in [-0.15, -0.1) is 11.3 Å². The van der Waals surface area contributed by atoms with Crippen molar-refractivity contribution in [2.45, 2.75) is 6.42 Å². The summed E-state index contributed by atoms with van der Waals surface area (Å²) in [6, 6.07) is 18.3. The fourth-order valence-electron chi connectivity index (χ4n) is 2.31. The fraction of sp³-hybridized carbons (Fsp3) is 0.150. The molecular weight excluding hydrogens is 362 g/mol. The van der Waals surface area contributed by atoms with Crippen LogP contribution in [-0.2, 0) is 11.2 Å². The summed E-state index contributed by atoms with van der Waals surface area (Å²) in [6.45, 7) is 0.806. The van der Waals surface area contributed by atoms with Crippen LogP contribution < -0.4 is 15.4 Å². The Morgan fingerprint density at radius 2 is 1.70 bits per heavy atom. The minimum atomic E-state index is -0.223. The number of para-hydroxylation sites is 1. The van der Waals surface area contributed by atoms with E-state index in [-0.39, 0.29) is 18.2 Å². The molecule has 2 amide bonds. The Morgan fingerprint density at radius 3 is 2.44 bits per heavy atom. The van der Waals surface area contributed by atoms with Crippen LogP contribution in [0.25, 0.3) is 0 Å². The Morgan fingerprint density at radius 1 is 1.00 bits per heavy atom. The van der Waals surface area contributed by atoms with Crippen LogP contribution in [0.5, 0.6) is 5.75 Å². The molecule has 0 radical (unpaired) electrons. The topological polar surface area (TPSA) is 80.3 Å². The third-order valence-electron chi connectivity index (χ3n) is 3.59. The minimum absolute atomic E-state index is 0.141. The van der Waals surface area contributed by atoms with Crippen molar-refractivity contribution in [3.05, 3.63) is 77.3 Å². The summed E-state index contributed by atoms with van der Waals surface area (Å²) in [6.07, 6.45) is 0.156. The molecular formula is C20H19N3O3S. The number of carbonyl (C=O) groups is 2. The molecule has 0 atom stereocenters. The highest BCUT2D eigenvalue weighted by Gasteiger charge is 2.11. The highest BCUT2D eigenvalue weighted by Crippen LogP contribution is 2.17. The van der Waals surface area contributed by atoms with Gasteiger partial charge in [0.05, 0.1) is 18.7 Å². The lowest BCUT2D eigenvalue weighted by Crippen LogP contribution is -2.29. The number of hydrogen-bond donors (Lipinski definition) is 2. The number of hydrogen-bond acceptors (Lipinski definition) is 5. The molecule has 138 valence electrons. The zero-order valence-electron chi connectivity index (χ0n) is 14.6. The molecule has 0 saturated heterocycles. The van der Waals surface area contributed by atoms with E-state index in [1.165, 1.54) is 11.3 Å². The molecule has 3 aromatic rings. The molecule has 2 N–H and O–H groups in total. The van der Waals surface area contributed by atoms with E-state index >= 15 is 0 Å². The van der Waals surface area contributed by atoms with Gasteiger partial charge in [-0.1, -0.05) is 36.4 Å². The van der Waals surface area contributed by atoms with E-state index in [1.54, 1.807) is 29.6 Å². The van der Waals surface area contributed by atoms with Crippen molar-refractivity contribution in [1.82, 2.24) is 10.3 Å². The van der Waals surface area contributed by atoms with Gasteiger partial charge in [-0.25, -0.2) is 4.98 Å². The first kappa shape index (κ1) is 18.6. The van der Waals surface area contributed by atoms with E-state index in [1.807, 2.05) is 36.4 Å². The molecule has 27 heavy (non-hydrogen) atoms. The summed E-state index contributed by atoms with van der Waals surface area (Å²) >= 11 is 1.29. The number of benzene rings is 2. The van der Waals surface area contributed by atoms with Crippen LogP contribution in [0.4, 0.5) is 5.13 Å². The van der Waals surface area contributed by atoms with Gasteiger partial charge < -0.3 is 10.1 Å². The molecule has 0 bridgehead atoms. The smallest absolute Gasteiger partial charge is 0.257 e. The summed E-state index contributed by atoms with van der Waals surface area (Å²) in [7, 11) is 0. The van der Waals surface area contributed by atoms with Gasteiger partial charge in [-0.05, 0) is 24.3 Å². The highest BCUT2D eigenvalue weighted by molar-refractivity contribution is 7.14. The van der Waals surface area contributed by atoms with Crippen LogP contribution in [0.3, 0.4) is 0 Å². The molecule has 0 fully saturated rings. The lowest BCUT2D eigenvalue weighted by atomic mass is 10.2. The monoisotopic (exact) mass is 381 g/mol. The van der Waals surface area contributed by atoms with E-state index < -0.39 is 0 Å². The maximum absolute atomic E-state index is 12.1. The quantitative estimate of drug-likeness (QED) is 0.588. The molecule has 7 heteroatoms. The molecule has 0 aliphatic rings. The van der Waals surface area contributed by atoms with Gasteiger partial charge in [0.15, 0.2) is 5.13 Å². The molecule has 6 nitrogen and oxygen atoms in total. The first-order valence-electron chi connectivity index (χ1n) is 8.46. The summed E-state index contributed by atoms with van der Waals surface area (Å²) < 4.78 is 5.52. The van der Waals surface area contributed by atoms with Crippen molar-refractivity contribution in [3.63, 3.8) is 0 Å². The zero-order valence-corrected chi connectivity index (χ0v) is 15.4. The predicted molar refractivity (Wildman–Crippen MR) is 105 cm³/mol. The van der Waals surface area contributed by atoms with E-state index in [4.69, 9.17) is 4.74 Å². The van der Waals surface area contributed by atoms with Crippen molar-refractivity contribution in [1.29, 1.82) is 0 Å². The molecule has 1 heterocycles. The molecule has 3 rings (SSSR count). The number of amides is 2.